The maximum atomic E-state index is 11.6. The van der Waals surface area contributed by atoms with Crippen LogP contribution in [0.2, 0.25) is 0 Å². The van der Waals surface area contributed by atoms with Gasteiger partial charge in [-0.15, -0.1) is 0 Å². The van der Waals surface area contributed by atoms with Crippen LogP contribution in [0.15, 0.2) is 0 Å². The van der Waals surface area contributed by atoms with Crippen molar-refractivity contribution < 1.29 is 9.53 Å². The Kier molecular flexibility index (Phi) is 10.4. The van der Waals surface area contributed by atoms with Gasteiger partial charge < -0.3 is 4.74 Å². The molecule has 0 saturated heterocycles. The summed E-state index contributed by atoms with van der Waals surface area (Å²) in [6.45, 7) is 4.32. The molecule has 3 heteroatoms. The van der Waals surface area contributed by atoms with Crippen LogP contribution in [0, 0.1) is 23.2 Å². The number of nitrogens with zero attached hydrogens (tertiary/aromatic N) is 1. The van der Waals surface area contributed by atoms with Crippen molar-refractivity contribution in [3.8, 4) is 6.07 Å². The third-order valence-corrected chi connectivity index (χ3v) is 3.42. The van der Waals surface area contributed by atoms with Crippen LogP contribution < -0.4 is 0 Å². The van der Waals surface area contributed by atoms with E-state index in [2.05, 4.69) is 19.9 Å². The van der Waals surface area contributed by atoms with E-state index in [1.165, 1.54) is 20.0 Å². The summed E-state index contributed by atoms with van der Waals surface area (Å²) in [6.07, 6.45) is 8.79. The van der Waals surface area contributed by atoms with Crippen LogP contribution in [0.5, 0.6) is 0 Å². The maximum absolute atomic E-state index is 11.6. The highest BCUT2D eigenvalue weighted by Gasteiger charge is 2.28. The molecule has 0 amide bonds. The zero-order valence-corrected chi connectivity index (χ0v) is 12.1. The Bertz CT molecular complexity index is 248. The summed E-state index contributed by atoms with van der Waals surface area (Å²) in [5.74, 6) is -0.778. The van der Waals surface area contributed by atoms with Crippen LogP contribution in [-0.4, -0.2) is 13.1 Å². The third kappa shape index (κ3) is 6.64. The minimum Gasteiger partial charge on any atom is -0.468 e. The highest BCUT2D eigenvalue weighted by atomic mass is 16.5. The summed E-state index contributed by atoms with van der Waals surface area (Å²) >= 11 is 0. The molecule has 0 aliphatic carbocycles. The highest BCUT2D eigenvalue weighted by Crippen LogP contribution is 2.26. The molecule has 0 heterocycles. The van der Waals surface area contributed by atoms with Gasteiger partial charge in [0.15, 0.2) is 0 Å². The second-order valence-electron chi connectivity index (χ2n) is 4.88. The minimum atomic E-state index is -0.580. The molecule has 0 radical (unpaired) electrons. The molecule has 0 aromatic rings. The number of methoxy groups -OCH3 is 1. The molecule has 0 rings (SSSR count). The van der Waals surface area contributed by atoms with Gasteiger partial charge in [0, 0.05) is 0 Å². The largest absolute Gasteiger partial charge is 0.468 e. The molecule has 0 aliphatic heterocycles. The van der Waals surface area contributed by atoms with Crippen LogP contribution in [0.1, 0.15) is 65.2 Å². The van der Waals surface area contributed by atoms with Gasteiger partial charge in [0.2, 0.25) is 0 Å². The van der Waals surface area contributed by atoms with Gasteiger partial charge in [-0.05, 0) is 18.8 Å². The Balaban J connectivity index is 4.40. The predicted octanol–water partition coefficient (Wildman–Crippen LogP) is 4.08. The van der Waals surface area contributed by atoms with Crippen molar-refractivity contribution in [1.82, 2.24) is 0 Å². The first-order valence-corrected chi connectivity index (χ1v) is 7.18. The lowest BCUT2D eigenvalue weighted by Crippen LogP contribution is -2.24. The van der Waals surface area contributed by atoms with Crippen molar-refractivity contribution in [3.05, 3.63) is 0 Å². The lowest BCUT2D eigenvalue weighted by molar-refractivity contribution is -0.145. The van der Waals surface area contributed by atoms with Crippen molar-refractivity contribution in [1.29, 1.82) is 5.26 Å². The monoisotopic (exact) mass is 253 g/mol. The number of ether oxygens (including phenoxy) is 1. The number of hydrogen-bond acceptors (Lipinski definition) is 3. The summed E-state index contributed by atoms with van der Waals surface area (Å²) in [5, 5.41) is 9.16. The van der Waals surface area contributed by atoms with Crippen molar-refractivity contribution in [3.63, 3.8) is 0 Å². The molecule has 0 saturated carbocycles. The first-order chi connectivity index (χ1) is 8.71. The molecule has 1 unspecified atom stereocenters. The van der Waals surface area contributed by atoms with Crippen LogP contribution in [0.25, 0.3) is 0 Å². The average Bonchev–Trinajstić information content (AvgIpc) is 2.39. The second-order valence-corrected chi connectivity index (χ2v) is 4.88. The summed E-state index contributed by atoms with van der Waals surface area (Å²) < 4.78 is 4.74. The quantitative estimate of drug-likeness (QED) is 0.435. The van der Waals surface area contributed by atoms with Gasteiger partial charge >= 0.3 is 5.97 Å². The third-order valence-electron chi connectivity index (χ3n) is 3.42. The van der Waals surface area contributed by atoms with E-state index in [9.17, 15) is 4.79 Å². The number of nitriles is 1. The number of unbranched alkanes of at least 4 members (excludes halogenated alkanes) is 4. The molecule has 1 atom stereocenters. The molecular weight excluding hydrogens is 226 g/mol. The number of esters is 1. The Morgan fingerprint density at radius 2 is 1.61 bits per heavy atom. The summed E-state index contributed by atoms with van der Waals surface area (Å²) in [7, 11) is 1.36. The second kappa shape index (κ2) is 11.1. The SMILES string of the molecule is CCCCCC(CCCCC)C(C#N)C(=O)OC. The van der Waals surface area contributed by atoms with Gasteiger partial charge in [-0.25, -0.2) is 0 Å². The highest BCUT2D eigenvalue weighted by molar-refractivity contribution is 5.75. The van der Waals surface area contributed by atoms with Crippen molar-refractivity contribution in [2.75, 3.05) is 7.11 Å². The predicted molar refractivity (Wildman–Crippen MR) is 72.9 cm³/mol. The lowest BCUT2D eigenvalue weighted by Gasteiger charge is -2.20. The van der Waals surface area contributed by atoms with E-state index < -0.39 is 5.92 Å². The topological polar surface area (TPSA) is 50.1 Å². The first-order valence-electron chi connectivity index (χ1n) is 7.18. The fourth-order valence-corrected chi connectivity index (χ4v) is 2.27. The molecule has 18 heavy (non-hydrogen) atoms. The van der Waals surface area contributed by atoms with Crippen LogP contribution >= 0.6 is 0 Å². The maximum Gasteiger partial charge on any atom is 0.323 e. The normalized spacial score (nSPS) is 12.2. The fourth-order valence-electron chi connectivity index (χ4n) is 2.27. The van der Waals surface area contributed by atoms with Gasteiger partial charge in [-0.3, -0.25) is 4.79 Å². The van der Waals surface area contributed by atoms with Crippen molar-refractivity contribution in [2.45, 2.75) is 65.2 Å². The van der Waals surface area contributed by atoms with Gasteiger partial charge in [-0.1, -0.05) is 52.4 Å². The Morgan fingerprint density at radius 3 is 1.94 bits per heavy atom. The smallest absolute Gasteiger partial charge is 0.323 e. The fraction of sp³-hybridized carbons (Fsp3) is 0.867. The lowest BCUT2D eigenvalue weighted by atomic mass is 9.84. The minimum absolute atomic E-state index is 0.167. The van der Waals surface area contributed by atoms with E-state index in [0.29, 0.717) is 0 Å². The molecule has 0 aliphatic rings. The zero-order valence-electron chi connectivity index (χ0n) is 12.1. The molecular formula is C15H27NO2. The van der Waals surface area contributed by atoms with Gasteiger partial charge in [-0.2, -0.15) is 5.26 Å². The molecule has 0 bridgehead atoms. The summed E-state index contributed by atoms with van der Waals surface area (Å²) in [6, 6.07) is 2.13. The van der Waals surface area contributed by atoms with E-state index in [1.54, 1.807) is 0 Å². The number of rotatable bonds is 10. The Labute approximate surface area is 112 Å². The molecule has 3 nitrogen and oxygen atoms in total. The van der Waals surface area contributed by atoms with Crippen molar-refractivity contribution in [2.24, 2.45) is 11.8 Å². The van der Waals surface area contributed by atoms with Crippen LogP contribution in [0.4, 0.5) is 0 Å². The van der Waals surface area contributed by atoms with Gasteiger partial charge in [0.05, 0.1) is 13.2 Å². The molecule has 0 fully saturated rings. The average molecular weight is 253 g/mol. The Morgan fingerprint density at radius 1 is 1.11 bits per heavy atom. The number of hydrogen-bond donors (Lipinski definition) is 0. The van der Waals surface area contributed by atoms with Crippen molar-refractivity contribution >= 4 is 5.97 Å². The van der Waals surface area contributed by atoms with Gasteiger partial charge in [0.1, 0.15) is 5.92 Å². The van der Waals surface area contributed by atoms with E-state index in [1.807, 2.05) is 0 Å². The number of carbonyl (C=O) groups is 1. The standard InChI is InChI=1S/C15H27NO2/c1-4-6-8-10-13(11-9-7-5-2)14(12-16)15(17)18-3/h13-14H,4-11H2,1-3H3. The Hall–Kier alpha value is -1.04. The van der Waals surface area contributed by atoms with E-state index in [4.69, 9.17) is 10.00 Å². The van der Waals surface area contributed by atoms with E-state index >= 15 is 0 Å². The molecule has 104 valence electrons. The molecule has 0 aromatic carbocycles. The van der Waals surface area contributed by atoms with E-state index in [-0.39, 0.29) is 11.9 Å². The molecule has 0 spiro atoms. The first kappa shape index (κ1) is 17.0. The molecule has 0 N–H and O–H groups in total. The van der Waals surface area contributed by atoms with Gasteiger partial charge in [0.25, 0.3) is 0 Å². The van der Waals surface area contributed by atoms with Crippen LogP contribution in [-0.2, 0) is 9.53 Å². The number of carbonyl (C=O) groups excluding carboxylic acids is 1. The molecule has 0 aromatic heterocycles. The summed E-state index contributed by atoms with van der Waals surface area (Å²) in [5.41, 5.74) is 0. The summed E-state index contributed by atoms with van der Waals surface area (Å²) in [4.78, 5) is 11.6. The van der Waals surface area contributed by atoms with Crippen LogP contribution in [0.3, 0.4) is 0 Å². The van der Waals surface area contributed by atoms with E-state index in [0.717, 1.165) is 38.5 Å². The zero-order chi connectivity index (χ0) is 13.8.